The Morgan fingerprint density at radius 1 is 1.29 bits per heavy atom. The summed E-state index contributed by atoms with van der Waals surface area (Å²) in [4.78, 5) is 18.3. The van der Waals surface area contributed by atoms with Crippen LogP contribution in [-0.2, 0) is 11.2 Å². The SMILES string of the molecule is O=C(Cc1cccnc1)N1CCC[C@H](Nc2ccc(F)c(F)c2)C1. The lowest BCUT2D eigenvalue weighted by atomic mass is 10.0. The van der Waals surface area contributed by atoms with E-state index in [4.69, 9.17) is 0 Å². The minimum absolute atomic E-state index is 0.0291. The van der Waals surface area contributed by atoms with Gasteiger partial charge in [-0.3, -0.25) is 9.78 Å². The molecule has 0 saturated carbocycles. The summed E-state index contributed by atoms with van der Waals surface area (Å²) in [6, 6.07) is 7.48. The first-order valence-corrected chi connectivity index (χ1v) is 8.00. The second-order valence-electron chi connectivity index (χ2n) is 5.99. The molecule has 1 amide bonds. The van der Waals surface area contributed by atoms with Crippen molar-refractivity contribution in [1.29, 1.82) is 0 Å². The van der Waals surface area contributed by atoms with Crippen LogP contribution in [0.1, 0.15) is 18.4 Å². The predicted molar refractivity (Wildman–Crippen MR) is 87.5 cm³/mol. The van der Waals surface area contributed by atoms with Crippen LogP contribution in [0, 0.1) is 11.6 Å². The van der Waals surface area contributed by atoms with Crippen LogP contribution in [-0.4, -0.2) is 34.9 Å². The van der Waals surface area contributed by atoms with Gasteiger partial charge in [0, 0.05) is 43.3 Å². The summed E-state index contributed by atoms with van der Waals surface area (Å²) in [6.45, 7) is 1.27. The van der Waals surface area contributed by atoms with Crippen molar-refractivity contribution >= 4 is 11.6 Å². The molecule has 0 spiro atoms. The Morgan fingerprint density at radius 3 is 2.92 bits per heavy atom. The lowest BCUT2D eigenvalue weighted by Crippen LogP contribution is -2.45. The van der Waals surface area contributed by atoms with Crippen molar-refractivity contribution in [2.75, 3.05) is 18.4 Å². The molecule has 1 fully saturated rings. The summed E-state index contributed by atoms with van der Waals surface area (Å²) in [5.41, 5.74) is 1.42. The van der Waals surface area contributed by atoms with Crippen LogP contribution in [0.15, 0.2) is 42.7 Å². The van der Waals surface area contributed by atoms with Gasteiger partial charge in [-0.05, 0) is 36.6 Å². The molecule has 3 rings (SSSR count). The minimum Gasteiger partial charge on any atom is -0.380 e. The molecule has 24 heavy (non-hydrogen) atoms. The number of nitrogens with one attached hydrogen (secondary N) is 1. The third-order valence-corrected chi connectivity index (χ3v) is 4.14. The first-order chi connectivity index (χ1) is 11.6. The van der Waals surface area contributed by atoms with E-state index in [0.29, 0.717) is 18.7 Å². The number of benzene rings is 1. The Bertz CT molecular complexity index is 709. The maximum atomic E-state index is 13.3. The van der Waals surface area contributed by atoms with E-state index in [9.17, 15) is 13.6 Å². The number of carbonyl (C=O) groups excluding carboxylic acids is 1. The van der Waals surface area contributed by atoms with E-state index in [0.717, 1.165) is 37.1 Å². The number of aromatic nitrogens is 1. The molecule has 0 bridgehead atoms. The number of nitrogens with zero attached hydrogens (tertiary/aromatic N) is 2. The number of anilines is 1. The smallest absolute Gasteiger partial charge is 0.227 e. The first kappa shape index (κ1) is 16.4. The number of hydrogen-bond acceptors (Lipinski definition) is 3. The molecule has 1 saturated heterocycles. The highest BCUT2D eigenvalue weighted by molar-refractivity contribution is 5.78. The van der Waals surface area contributed by atoms with Crippen molar-refractivity contribution in [3.05, 3.63) is 59.9 Å². The van der Waals surface area contributed by atoms with Gasteiger partial charge in [0.25, 0.3) is 0 Å². The first-order valence-electron chi connectivity index (χ1n) is 8.00. The van der Waals surface area contributed by atoms with Gasteiger partial charge in [0.05, 0.1) is 6.42 Å². The fourth-order valence-corrected chi connectivity index (χ4v) is 2.93. The third kappa shape index (κ3) is 4.07. The molecule has 2 aromatic rings. The number of piperidine rings is 1. The van der Waals surface area contributed by atoms with Crippen molar-refractivity contribution in [3.8, 4) is 0 Å². The maximum Gasteiger partial charge on any atom is 0.227 e. The highest BCUT2D eigenvalue weighted by Gasteiger charge is 2.23. The molecule has 0 unspecified atom stereocenters. The van der Waals surface area contributed by atoms with E-state index < -0.39 is 11.6 Å². The van der Waals surface area contributed by atoms with E-state index in [2.05, 4.69) is 10.3 Å². The fraction of sp³-hybridized carbons (Fsp3) is 0.333. The number of likely N-dealkylation sites (tertiary alicyclic amines) is 1. The van der Waals surface area contributed by atoms with Gasteiger partial charge >= 0.3 is 0 Å². The molecule has 1 N–H and O–H groups in total. The number of rotatable bonds is 4. The molecule has 1 aromatic heterocycles. The highest BCUT2D eigenvalue weighted by atomic mass is 19.2. The largest absolute Gasteiger partial charge is 0.380 e. The number of amides is 1. The summed E-state index contributed by atoms with van der Waals surface area (Å²) in [6.07, 6.45) is 5.46. The lowest BCUT2D eigenvalue weighted by molar-refractivity contribution is -0.131. The van der Waals surface area contributed by atoms with Gasteiger partial charge in [0.15, 0.2) is 11.6 Å². The van der Waals surface area contributed by atoms with Crippen LogP contribution in [0.4, 0.5) is 14.5 Å². The molecule has 0 aliphatic carbocycles. The molecule has 1 atom stereocenters. The lowest BCUT2D eigenvalue weighted by Gasteiger charge is -2.33. The number of pyridine rings is 1. The van der Waals surface area contributed by atoms with Gasteiger partial charge < -0.3 is 10.2 Å². The molecule has 1 aromatic carbocycles. The average Bonchev–Trinajstić information content (AvgIpc) is 2.59. The Hall–Kier alpha value is -2.50. The van der Waals surface area contributed by atoms with Crippen LogP contribution < -0.4 is 5.32 Å². The Labute approximate surface area is 139 Å². The molecular formula is C18H19F2N3O. The van der Waals surface area contributed by atoms with E-state index in [1.165, 1.54) is 6.07 Å². The predicted octanol–water partition coefficient (Wildman–Crippen LogP) is 3.01. The van der Waals surface area contributed by atoms with Crippen molar-refractivity contribution in [2.24, 2.45) is 0 Å². The molecule has 1 aliphatic rings. The number of halogens is 2. The summed E-state index contributed by atoms with van der Waals surface area (Å²) in [5, 5.41) is 3.18. The maximum absolute atomic E-state index is 13.3. The van der Waals surface area contributed by atoms with Gasteiger partial charge in [-0.2, -0.15) is 0 Å². The third-order valence-electron chi connectivity index (χ3n) is 4.14. The Morgan fingerprint density at radius 2 is 2.17 bits per heavy atom. The van der Waals surface area contributed by atoms with Crippen LogP contribution in [0.25, 0.3) is 0 Å². The van der Waals surface area contributed by atoms with Crippen molar-refractivity contribution in [1.82, 2.24) is 9.88 Å². The summed E-state index contributed by atoms with van der Waals surface area (Å²) >= 11 is 0. The quantitative estimate of drug-likeness (QED) is 0.937. The fourth-order valence-electron chi connectivity index (χ4n) is 2.93. The number of carbonyl (C=O) groups is 1. The zero-order valence-electron chi connectivity index (χ0n) is 13.2. The van der Waals surface area contributed by atoms with Crippen molar-refractivity contribution < 1.29 is 13.6 Å². The van der Waals surface area contributed by atoms with Crippen LogP contribution in [0.3, 0.4) is 0 Å². The molecule has 2 heterocycles. The molecule has 0 radical (unpaired) electrons. The standard InChI is InChI=1S/C18H19F2N3O/c19-16-6-5-14(10-17(16)20)22-15-4-2-8-23(12-15)18(24)9-13-3-1-7-21-11-13/h1,3,5-7,10-11,15,22H,2,4,8-9,12H2/t15-/m0/s1. The Kier molecular flexibility index (Phi) is 5.03. The van der Waals surface area contributed by atoms with Gasteiger partial charge in [-0.25, -0.2) is 8.78 Å². The second-order valence-corrected chi connectivity index (χ2v) is 5.99. The normalized spacial score (nSPS) is 17.6. The van der Waals surface area contributed by atoms with Gasteiger partial charge in [0.1, 0.15) is 0 Å². The topological polar surface area (TPSA) is 45.2 Å². The van der Waals surface area contributed by atoms with E-state index >= 15 is 0 Å². The molecule has 126 valence electrons. The van der Waals surface area contributed by atoms with Crippen LogP contribution >= 0.6 is 0 Å². The zero-order chi connectivity index (χ0) is 16.9. The van der Waals surface area contributed by atoms with E-state index in [1.54, 1.807) is 12.4 Å². The van der Waals surface area contributed by atoms with Gasteiger partial charge in [-0.1, -0.05) is 6.07 Å². The van der Waals surface area contributed by atoms with Gasteiger partial charge in [0.2, 0.25) is 5.91 Å². The molecular weight excluding hydrogens is 312 g/mol. The summed E-state index contributed by atoms with van der Waals surface area (Å²) in [7, 11) is 0. The second kappa shape index (κ2) is 7.38. The monoisotopic (exact) mass is 331 g/mol. The van der Waals surface area contributed by atoms with E-state index in [1.807, 2.05) is 17.0 Å². The van der Waals surface area contributed by atoms with Crippen LogP contribution in [0.5, 0.6) is 0 Å². The molecule has 6 heteroatoms. The highest BCUT2D eigenvalue weighted by Crippen LogP contribution is 2.19. The zero-order valence-corrected chi connectivity index (χ0v) is 13.2. The average molecular weight is 331 g/mol. The number of hydrogen-bond donors (Lipinski definition) is 1. The minimum atomic E-state index is -0.875. The molecule has 1 aliphatic heterocycles. The summed E-state index contributed by atoms with van der Waals surface area (Å²) < 4.78 is 26.3. The van der Waals surface area contributed by atoms with Crippen molar-refractivity contribution in [2.45, 2.75) is 25.3 Å². The Balaban J connectivity index is 1.59. The van der Waals surface area contributed by atoms with Gasteiger partial charge in [-0.15, -0.1) is 0 Å². The summed E-state index contributed by atoms with van der Waals surface area (Å²) in [5.74, 6) is -1.68. The van der Waals surface area contributed by atoms with Crippen molar-refractivity contribution in [3.63, 3.8) is 0 Å². The van der Waals surface area contributed by atoms with E-state index in [-0.39, 0.29) is 11.9 Å². The molecule has 4 nitrogen and oxygen atoms in total. The van der Waals surface area contributed by atoms with Crippen LogP contribution in [0.2, 0.25) is 0 Å².